The van der Waals surface area contributed by atoms with Crippen molar-refractivity contribution in [1.82, 2.24) is 15.1 Å². The van der Waals surface area contributed by atoms with Gasteiger partial charge < -0.3 is 5.32 Å². The number of halogens is 1. The van der Waals surface area contributed by atoms with E-state index in [0.29, 0.717) is 6.54 Å². The molecule has 0 bridgehead atoms. The van der Waals surface area contributed by atoms with E-state index in [4.69, 9.17) is 11.6 Å². The van der Waals surface area contributed by atoms with Crippen molar-refractivity contribution in [3.63, 3.8) is 0 Å². The highest BCUT2D eigenvalue weighted by Crippen LogP contribution is 2.24. The van der Waals surface area contributed by atoms with Crippen LogP contribution < -0.4 is 5.32 Å². The Hall–Kier alpha value is -2.41. The highest BCUT2D eigenvalue weighted by atomic mass is 35.5. The maximum Gasteiger partial charge on any atom is 0.287 e. The van der Waals surface area contributed by atoms with Crippen LogP contribution in [0.5, 0.6) is 0 Å². The number of hydrogen-bond acceptors (Lipinski definition) is 4. The topological polar surface area (TPSA) is 90.1 Å². The van der Waals surface area contributed by atoms with Crippen molar-refractivity contribution in [3.8, 4) is 0 Å². The predicted molar refractivity (Wildman–Crippen MR) is 72.5 cm³/mol. The molecule has 0 aliphatic carbocycles. The van der Waals surface area contributed by atoms with Crippen LogP contribution in [0.3, 0.4) is 0 Å². The first-order valence-electron chi connectivity index (χ1n) is 5.67. The molecule has 2 rings (SSSR count). The minimum atomic E-state index is -0.598. The van der Waals surface area contributed by atoms with Crippen LogP contribution in [-0.2, 0) is 13.6 Å². The number of aromatic nitrogens is 2. The minimum absolute atomic E-state index is 0.0657. The summed E-state index contributed by atoms with van der Waals surface area (Å²) >= 11 is 5.75. The van der Waals surface area contributed by atoms with Crippen molar-refractivity contribution >= 4 is 23.2 Å². The summed E-state index contributed by atoms with van der Waals surface area (Å²) in [6.45, 7) is 0.321. The molecular weight excluding hydrogens is 284 g/mol. The van der Waals surface area contributed by atoms with Gasteiger partial charge in [-0.15, -0.1) is 0 Å². The van der Waals surface area contributed by atoms with Gasteiger partial charge in [0.2, 0.25) is 0 Å². The quantitative estimate of drug-likeness (QED) is 0.689. The van der Waals surface area contributed by atoms with Gasteiger partial charge in [0.1, 0.15) is 5.02 Å². The summed E-state index contributed by atoms with van der Waals surface area (Å²) < 4.78 is 1.63. The Balaban J connectivity index is 2.06. The third-order valence-electron chi connectivity index (χ3n) is 2.62. The molecule has 7 nitrogen and oxygen atoms in total. The molecule has 1 amide bonds. The molecule has 0 saturated carbocycles. The molecule has 0 aliphatic heterocycles. The molecule has 0 unspecified atom stereocenters. The number of nitro benzene ring substituents is 1. The molecule has 1 aromatic heterocycles. The fraction of sp³-hybridized carbons (Fsp3) is 0.167. The van der Waals surface area contributed by atoms with E-state index in [9.17, 15) is 14.9 Å². The zero-order valence-electron chi connectivity index (χ0n) is 10.5. The molecule has 0 aliphatic rings. The molecule has 2 aromatic rings. The largest absolute Gasteiger partial charge is 0.348 e. The number of aryl methyl sites for hydroxylation is 1. The van der Waals surface area contributed by atoms with E-state index in [1.165, 1.54) is 18.2 Å². The fourth-order valence-corrected chi connectivity index (χ4v) is 1.89. The number of nitrogens with one attached hydrogen (secondary N) is 1. The number of carbonyl (C=O) groups excluding carboxylic acids is 1. The average Bonchev–Trinajstić information content (AvgIpc) is 2.81. The molecule has 20 heavy (non-hydrogen) atoms. The van der Waals surface area contributed by atoms with Gasteiger partial charge in [0.25, 0.3) is 11.6 Å². The molecule has 104 valence electrons. The lowest BCUT2D eigenvalue weighted by atomic mass is 10.2. The van der Waals surface area contributed by atoms with Gasteiger partial charge >= 0.3 is 0 Å². The summed E-state index contributed by atoms with van der Waals surface area (Å²) in [5.41, 5.74) is 0.897. The first kappa shape index (κ1) is 14.0. The van der Waals surface area contributed by atoms with Crippen LogP contribution in [-0.4, -0.2) is 20.6 Å². The van der Waals surface area contributed by atoms with Crippen molar-refractivity contribution < 1.29 is 9.72 Å². The number of amides is 1. The summed E-state index contributed by atoms with van der Waals surface area (Å²) in [6, 6.07) is 3.85. The number of carbonyl (C=O) groups is 1. The molecule has 1 aromatic carbocycles. The van der Waals surface area contributed by atoms with Gasteiger partial charge in [0, 0.05) is 37.0 Å². The van der Waals surface area contributed by atoms with E-state index >= 15 is 0 Å². The lowest BCUT2D eigenvalue weighted by molar-refractivity contribution is -0.384. The van der Waals surface area contributed by atoms with Crippen LogP contribution in [0.1, 0.15) is 15.9 Å². The number of rotatable bonds is 4. The van der Waals surface area contributed by atoms with E-state index in [-0.39, 0.29) is 22.2 Å². The van der Waals surface area contributed by atoms with Gasteiger partial charge in [-0.3, -0.25) is 19.6 Å². The molecule has 0 spiro atoms. The van der Waals surface area contributed by atoms with Gasteiger partial charge in [-0.05, 0) is 12.1 Å². The minimum Gasteiger partial charge on any atom is -0.348 e. The zero-order valence-corrected chi connectivity index (χ0v) is 11.3. The smallest absolute Gasteiger partial charge is 0.287 e. The maximum absolute atomic E-state index is 11.9. The standard InChI is InChI=1S/C12H11ClN4O3/c1-16-7-8(6-15-16)5-14-12(18)9-2-3-11(17(19)20)10(13)4-9/h2-4,6-7H,5H2,1H3,(H,14,18). The number of benzene rings is 1. The fourth-order valence-electron chi connectivity index (χ4n) is 1.64. The molecule has 8 heteroatoms. The Morgan fingerprint density at radius 2 is 2.30 bits per heavy atom. The van der Waals surface area contributed by atoms with Gasteiger partial charge in [-0.25, -0.2) is 0 Å². The van der Waals surface area contributed by atoms with Gasteiger partial charge in [0.05, 0.1) is 11.1 Å². The molecule has 0 radical (unpaired) electrons. The van der Waals surface area contributed by atoms with Gasteiger partial charge in [-0.1, -0.05) is 11.6 Å². The zero-order chi connectivity index (χ0) is 14.7. The Morgan fingerprint density at radius 3 is 2.85 bits per heavy atom. The third kappa shape index (κ3) is 3.12. The first-order chi connectivity index (χ1) is 9.47. The summed E-state index contributed by atoms with van der Waals surface area (Å²) in [7, 11) is 1.78. The van der Waals surface area contributed by atoms with Crippen LogP contribution >= 0.6 is 11.6 Å². The normalized spacial score (nSPS) is 10.3. The van der Waals surface area contributed by atoms with Crippen LogP contribution in [0, 0.1) is 10.1 Å². The second-order valence-corrected chi connectivity index (χ2v) is 4.54. The second-order valence-electron chi connectivity index (χ2n) is 4.13. The van der Waals surface area contributed by atoms with Crippen LogP contribution in [0.2, 0.25) is 5.02 Å². The summed E-state index contributed by atoms with van der Waals surface area (Å²) in [6.07, 6.45) is 3.42. The van der Waals surface area contributed by atoms with E-state index in [1.807, 2.05) is 0 Å². The lowest BCUT2D eigenvalue weighted by Gasteiger charge is -2.04. The van der Waals surface area contributed by atoms with Gasteiger partial charge in [-0.2, -0.15) is 5.10 Å². The summed E-state index contributed by atoms with van der Waals surface area (Å²) in [5.74, 6) is -0.356. The summed E-state index contributed by atoms with van der Waals surface area (Å²) in [5, 5.41) is 17.2. The third-order valence-corrected chi connectivity index (χ3v) is 2.92. The second kappa shape index (κ2) is 5.70. The van der Waals surface area contributed by atoms with Crippen molar-refractivity contribution in [1.29, 1.82) is 0 Å². The average molecular weight is 295 g/mol. The molecular formula is C12H11ClN4O3. The number of nitrogens with zero attached hydrogens (tertiary/aromatic N) is 3. The lowest BCUT2D eigenvalue weighted by Crippen LogP contribution is -2.22. The van der Waals surface area contributed by atoms with Crippen molar-refractivity contribution in [2.24, 2.45) is 7.05 Å². The Morgan fingerprint density at radius 1 is 1.55 bits per heavy atom. The molecule has 0 atom stereocenters. The van der Waals surface area contributed by atoms with E-state index < -0.39 is 4.92 Å². The van der Waals surface area contributed by atoms with E-state index in [1.54, 1.807) is 24.1 Å². The summed E-state index contributed by atoms with van der Waals surface area (Å²) in [4.78, 5) is 21.9. The Labute approximate surface area is 119 Å². The molecule has 0 fully saturated rings. The van der Waals surface area contributed by atoms with Crippen LogP contribution in [0.15, 0.2) is 30.6 Å². The first-order valence-corrected chi connectivity index (χ1v) is 6.05. The molecule has 1 N–H and O–H groups in total. The van der Waals surface area contributed by atoms with Crippen LogP contribution in [0.4, 0.5) is 5.69 Å². The monoisotopic (exact) mass is 294 g/mol. The Kier molecular flexibility index (Phi) is 3.99. The van der Waals surface area contributed by atoms with E-state index in [2.05, 4.69) is 10.4 Å². The van der Waals surface area contributed by atoms with Crippen molar-refractivity contribution in [2.45, 2.75) is 6.54 Å². The number of nitro groups is 1. The SMILES string of the molecule is Cn1cc(CNC(=O)c2ccc([N+](=O)[O-])c(Cl)c2)cn1. The molecule has 0 saturated heterocycles. The highest BCUT2D eigenvalue weighted by molar-refractivity contribution is 6.33. The molecule has 1 heterocycles. The predicted octanol–water partition coefficient (Wildman–Crippen LogP) is 1.91. The highest BCUT2D eigenvalue weighted by Gasteiger charge is 2.15. The van der Waals surface area contributed by atoms with Gasteiger partial charge in [0.15, 0.2) is 0 Å². The maximum atomic E-state index is 11.9. The van der Waals surface area contributed by atoms with E-state index in [0.717, 1.165) is 5.56 Å². The van der Waals surface area contributed by atoms with Crippen molar-refractivity contribution in [2.75, 3.05) is 0 Å². The van der Waals surface area contributed by atoms with Crippen molar-refractivity contribution in [3.05, 3.63) is 56.9 Å². The van der Waals surface area contributed by atoms with Crippen LogP contribution in [0.25, 0.3) is 0 Å². The number of hydrogen-bond donors (Lipinski definition) is 1. The Bertz CT molecular complexity index is 668.